The number of hydrogen-bond donors (Lipinski definition) is 1. The van der Waals surface area contributed by atoms with E-state index in [0.717, 1.165) is 42.4 Å². The van der Waals surface area contributed by atoms with Crippen LogP contribution in [0.2, 0.25) is 0 Å². The van der Waals surface area contributed by atoms with Crippen molar-refractivity contribution in [1.29, 1.82) is 0 Å². The number of carboxylic acid groups (broad SMARTS) is 1. The molecular formula is C24H20F3NO4. The lowest BCUT2D eigenvalue weighted by atomic mass is 9.89. The lowest BCUT2D eigenvalue weighted by molar-refractivity contribution is -0.146. The molecule has 1 unspecified atom stereocenters. The standard InChI is InChI=1S/C24H20F3NO4/c1-2-14-6-4-10-18-17(14)9-5-11-20(18)32-21(23(29)30)22-28-19(13-31-22)15-7-3-8-16(12-15)24(25,26)27/h3,5-9,11-13,21H,2,4,10H2,1H3,(H,29,30). The highest BCUT2D eigenvalue weighted by Crippen LogP contribution is 2.37. The monoisotopic (exact) mass is 443 g/mol. The van der Waals surface area contributed by atoms with Crippen LogP contribution in [0.3, 0.4) is 0 Å². The number of halogens is 3. The molecular weight excluding hydrogens is 423 g/mol. The third-order valence-electron chi connectivity index (χ3n) is 5.35. The summed E-state index contributed by atoms with van der Waals surface area (Å²) < 4.78 is 50.2. The van der Waals surface area contributed by atoms with Gasteiger partial charge in [0.1, 0.15) is 17.7 Å². The summed E-state index contributed by atoms with van der Waals surface area (Å²) in [5, 5.41) is 9.74. The van der Waals surface area contributed by atoms with E-state index >= 15 is 0 Å². The second-order valence-corrected chi connectivity index (χ2v) is 7.39. The molecule has 0 bridgehead atoms. The predicted molar refractivity (Wildman–Crippen MR) is 111 cm³/mol. The highest BCUT2D eigenvalue weighted by Gasteiger charge is 2.32. The van der Waals surface area contributed by atoms with Gasteiger partial charge in [0.05, 0.1) is 5.56 Å². The van der Waals surface area contributed by atoms with E-state index in [1.807, 2.05) is 6.07 Å². The second-order valence-electron chi connectivity index (χ2n) is 7.39. The van der Waals surface area contributed by atoms with Crippen molar-refractivity contribution < 1.29 is 32.2 Å². The summed E-state index contributed by atoms with van der Waals surface area (Å²) in [6.45, 7) is 2.05. The van der Waals surface area contributed by atoms with Gasteiger partial charge in [-0.05, 0) is 48.6 Å². The molecule has 1 aliphatic rings. The largest absolute Gasteiger partial charge is 0.478 e. The first-order valence-electron chi connectivity index (χ1n) is 10.1. The molecule has 2 aromatic carbocycles. The summed E-state index contributed by atoms with van der Waals surface area (Å²) in [6, 6.07) is 10.1. The first kappa shape index (κ1) is 21.7. The van der Waals surface area contributed by atoms with Gasteiger partial charge in [0.25, 0.3) is 6.10 Å². The number of rotatable bonds is 6. The Labute approximate surface area is 182 Å². The van der Waals surface area contributed by atoms with Crippen molar-refractivity contribution in [3.63, 3.8) is 0 Å². The van der Waals surface area contributed by atoms with E-state index in [9.17, 15) is 23.1 Å². The van der Waals surface area contributed by atoms with Crippen molar-refractivity contribution in [2.45, 2.75) is 38.5 Å². The molecule has 0 radical (unpaired) electrons. The fourth-order valence-corrected chi connectivity index (χ4v) is 3.80. The van der Waals surface area contributed by atoms with E-state index in [-0.39, 0.29) is 17.1 Å². The average Bonchev–Trinajstić information content (AvgIpc) is 3.26. The van der Waals surface area contributed by atoms with Crippen molar-refractivity contribution in [1.82, 2.24) is 4.98 Å². The van der Waals surface area contributed by atoms with Crippen LogP contribution >= 0.6 is 0 Å². The Bertz CT molecular complexity index is 1180. The molecule has 0 spiro atoms. The minimum atomic E-state index is -4.51. The Balaban J connectivity index is 1.65. The van der Waals surface area contributed by atoms with Gasteiger partial charge in [0.15, 0.2) is 0 Å². The predicted octanol–water partition coefficient (Wildman–Crippen LogP) is 6.30. The minimum Gasteiger partial charge on any atom is -0.478 e. The summed E-state index contributed by atoms with van der Waals surface area (Å²) in [6.07, 6.45) is -0.377. The molecule has 3 aromatic rings. The Morgan fingerprint density at radius 1 is 1.25 bits per heavy atom. The SMILES string of the molecule is CCC1=CCCc2c(OC(C(=O)O)c3nc(-c4cccc(C(F)(F)F)c4)co3)cccc21. The van der Waals surface area contributed by atoms with Gasteiger partial charge >= 0.3 is 12.1 Å². The maximum Gasteiger partial charge on any atom is 0.416 e. The zero-order chi connectivity index (χ0) is 22.9. The van der Waals surface area contributed by atoms with Crippen molar-refractivity contribution in [3.8, 4) is 17.0 Å². The fraction of sp³-hybridized carbons (Fsp3) is 0.250. The molecule has 0 aliphatic heterocycles. The quantitative estimate of drug-likeness (QED) is 0.484. The number of aromatic nitrogens is 1. The van der Waals surface area contributed by atoms with Crippen molar-refractivity contribution in [2.24, 2.45) is 0 Å². The highest BCUT2D eigenvalue weighted by molar-refractivity contribution is 5.75. The zero-order valence-corrected chi connectivity index (χ0v) is 17.1. The second kappa shape index (κ2) is 8.53. The molecule has 0 fully saturated rings. The fourth-order valence-electron chi connectivity index (χ4n) is 3.80. The molecule has 1 N–H and O–H groups in total. The Morgan fingerprint density at radius 3 is 2.75 bits per heavy atom. The third-order valence-corrected chi connectivity index (χ3v) is 5.35. The zero-order valence-electron chi connectivity index (χ0n) is 17.1. The van der Waals surface area contributed by atoms with Crippen LogP contribution in [0.1, 0.15) is 48.5 Å². The van der Waals surface area contributed by atoms with Crippen LogP contribution in [0.4, 0.5) is 13.2 Å². The van der Waals surface area contributed by atoms with E-state index in [4.69, 9.17) is 9.15 Å². The molecule has 4 rings (SSSR count). The molecule has 5 nitrogen and oxygen atoms in total. The molecule has 1 heterocycles. The highest BCUT2D eigenvalue weighted by atomic mass is 19.4. The van der Waals surface area contributed by atoms with Gasteiger partial charge in [0, 0.05) is 11.1 Å². The van der Waals surface area contributed by atoms with Gasteiger partial charge in [-0.25, -0.2) is 9.78 Å². The van der Waals surface area contributed by atoms with Gasteiger partial charge in [-0.15, -0.1) is 0 Å². The Morgan fingerprint density at radius 2 is 2.03 bits per heavy atom. The van der Waals surface area contributed by atoms with Crippen LogP contribution < -0.4 is 4.74 Å². The van der Waals surface area contributed by atoms with Crippen LogP contribution in [-0.2, 0) is 17.4 Å². The Hall–Kier alpha value is -3.55. The van der Waals surface area contributed by atoms with E-state index in [2.05, 4.69) is 18.0 Å². The van der Waals surface area contributed by atoms with E-state index in [0.29, 0.717) is 12.2 Å². The van der Waals surface area contributed by atoms with Gasteiger partial charge in [0.2, 0.25) is 5.89 Å². The first-order valence-corrected chi connectivity index (χ1v) is 10.1. The van der Waals surface area contributed by atoms with Crippen LogP contribution in [0.25, 0.3) is 16.8 Å². The maximum absolute atomic E-state index is 13.0. The summed E-state index contributed by atoms with van der Waals surface area (Å²) in [5.74, 6) is -1.14. The molecule has 0 amide bonds. The summed E-state index contributed by atoms with van der Waals surface area (Å²) in [5.41, 5.74) is 2.54. The number of fused-ring (bicyclic) bond motifs is 1. The van der Waals surface area contributed by atoms with E-state index < -0.39 is 23.8 Å². The lowest BCUT2D eigenvalue weighted by Gasteiger charge is -2.21. The number of aliphatic carboxylic acids is 1. The molecule has 1 aliphatic carbocycles. The number of carboxylic acids is 1. The molecule has 8 heteroatoms. The molecule has 1 aromatic heterocycles. The van der Waals surface area contributed by atoms with Gasteiger partial charge in [-0.3, -0.25) is 0 Å². The van der Waals surface area contributed by atoms with E-state index in [1.165, 1.54) is 17.7 Å². The number of ether oxygens (including phenoxy) is 1. The van der Waals surface area contributed by atoms with Gasteiger partial charge < -0.3 is 14.3 Å². The van der Waals surface area contributed by atoms with Crippen LogP contribution in [0, 0.1) is 0 Å². The molecule has 166 valence electrons. The third kappa shape index (κ3) is 4.26. The molecule has 32 heavy (non-hydrogen) atoms. The number of nitrogens with zero attached hydrogens (tertiary/aromatic N) is 1. The minimum absolute atomic E-state index is 0.0900. The number of allylic oxidation sites excluding steroid dienone is 2. The normalized spacial score (nSPS) is 14.4. The summed E-state index contributed by atoms with van der Waals surface area (Å²) >= 11 is 0. The van der Waals surface area contributed by atoms with Crippen molar-refractivity contribution in [3.05, 3.63) is 77.4 Å². The average molecular weight is 443 g/mol. The van der Waals surface area contributed by atoms with Crippen LogP contribution in [0.15, 0.2) is 59.2 Å². The number of carbonyl (C=O) groups is 1. The Kier molecular flexibility index (Phi) is 5.78. The lowest BCUT2D eigenvalue weighted by Crippen LogP contribution is -2.19. The summed E-state index contributed by atoms with van der Waals surface area (Å²) in [7, 11) is 0. The maximum atomic E-state index is 13.0. The molecule has 1 atom stereocenters. The van der Waals surface area contributed by atoms with Crippen molar-refractivity contribution >= 4 is 11.5 Å². The topological polar surface area (TPSA) is 72.6 Å². The van der Waals surface area contributed by atoms with Gasteiger partial charge in [-0.1, -0.05) is 37.3 Å². The summed E-state index contributed by atoms with van der Waals surface area (Å²) in [4.78, 5) is 16.1. The van der Waals surface area contributed by atoms with Gasteiger partial charge in [-0.2, -0.15) is 13.2 Å². The van der Waals surface area contributed by atoms with Crippen LogP contribution in [-0.4, -0.2) is 16.1 Å². The van der Waals surface area contributed by atoms with Crippen molar-refractivity contribution in [2.75, 3.05) is 0 Å². The number of benzene rings is 2. The number of alkyl halides is 3. The van der Waals surface area contributed by atoms with E-state index in [1.54, 1.807) is 12.1 Å². The first-order chi connectivity index (χ1) is 15.3. The smallest absolute Gasteiger partial charge is 0.416 e. The number of hydrogen-bond acceptors (Lipinski definition) is 4. The number of oxazole rings is 1. The molecule has 0 saturated heterocycles. The molecule has 0 saturated carbocycles. The van der Waals surface area contributed by atoms with Crippen LogP contribution in [0.5, 0.6) is 5.75 Å².